The molecule has 0 aliphatic heterocycles. The molecule has 0 aromatic heterocycles. The summed E-state index contributed by atoms with van der Waals surface area (Å²) in [6, 6.07) is 5.10. The smallest absolute Gasteiger partial charge is 0.337 e. The number of nitrogens with two attached hydrogens (primary N) is 1. The number of carbonyl (C=O) groups excluding carboxylic acids is 1. The first-order valence-electron chi connectivity index (χ1n) is 5.76. The molecule has 0 unspecified atom stereocenters. The number of esters is 1. The Morgan fingerprint density at radius 1 is 1.47 bits per heavy atom. The average Bonchev–Trinajstić information content (AvgIpc) is 2.30. The highest BCUT2D eigenvalue weighted by Gasteiger charge is 2.08. The van der Waals surface area contributed by atoms with Crippen molar-refractivity contribution in [3.8, 4) is 0 Å². The van der Waals surface area contributed by atoms with E-state index in [9.17, 15) is 4.79 Å². The van der Waals surface area contributed by atoms with E-state index in [2.05, 4.69) is 23.9 Å². The Morgan fingerprint density at radius 3 is 2.76 bits per heavy atom. The largest absolute Gasteiger partial charge is 0.465 e. The van der Waals surface area contributed by atoms with Crippen LogP contribution in [0.15, 0.2) is 18.2 Å². The number of hydrogen-bond donors (Lipinski definition) is 2. The molecule has 0 saturated carbocycles. The summed E-state index contributed by atoms with van der Waals surface area (Å²) >= 11 is 0. The van der Waals surface area contributed by atoms with Gasteiger partial charge in [0.25, 0.3) is 0 Å². The summed E-state index contributed by atoms with van der Waals surface area (Å²) in [4.78, 5) is 11.4. The van der Waals surface area contributed by atoms with Crippen molar-refractivity contribution in [3.63, 3.8) is 0 Å². The monoisotopic (exact) mass is 236 g/mol. The lowest BCUT2D eigenvalue weighted by Gasteiger charge is -2.11. The van der Waals surface area contributed by atoms with E-state index in [-0.39, 0.29) is 5.97 Å². The molecule has 0 aliphatic rings. The Balaban J connectivity index is 2.73. The predicted octanol–water partition coefficient (Wildman–Crippen LogP) is 2.51. The number of nitrogens with one attached hydrogen (secondary N) is 1. The van der Waals surface area contributed by atoms with Crippen molar-refractivity contribution in [2.24, 2.45) is 5.92 Å². The minimum Gasteiger partial charge on any atom is -0.465 e. The number of rotatable bonds is 5. The second-order valence-corrected chi connectivity index (χ2v) is 4.40. The number of benzene rings is 1. The summed E-state index contributed by atoms with van der Waals surface area (Å²) in [5, 5.41) is 3.23. The van der Waals surface area contributed by atoms with E-state index in [0.29, 0.717) is 17.2 Å². The predicted molar refractivity (Wildman–Crippen MR) is 70.1 cm³/mol. The van der Waals surface area contributed by atoms with Crippen LogP contribution in [0.1, 0.15) is 30.6 Å². The minimum absolute atomic E-state index is 0.350. The molecule has 4 heteroatoms. The number of carbonyl (C=O) groups is 1. The summed E-state index contributed by atoms with van der Waals surface area (Å²) in [7, 11) is 1.37. The molecule has 0 bridgehead atoms. The van der Waals surface area contributed by atoms with Crippen LogP contribution in [-0.4, -0.2) is 19.6 Å². The van der Waals surface area contributed by atoms with Gasteiger partial charge in [-0.05, 0) is 30.5 Å². The van der Waals surface area contributed by atoms with Crippen molar-refractivity contribution >= 4 is 17.3 Å². The topological polar surface area (TPSA) is 64.3 Å². The van der Waals surface area contributed by atoms with Crippen LogP contribution in [-0.2, 0) is 4.74 Å². The zero-order chi connectivity index (χ0) is 12.8. The highest BCUT2D eigenvalue weighted by atomic mass is 16.5. The third-order valence-corrected chi connectivity index (χ3v) is 2.51. The van der Waals surface area contributed by atoms with Gasteiger partial charge in [0.2, 0.25) is 0 Å². The average molecular weight is 236 g/mol. The van der Waals surface area contributed by atoms with E-state index in [1.165, 1.54) is 7.11 Å². The van der Waals surface area contributed by atoms with Crippen LogP contribution in [0.25, 0.3) is 0 Å². The molecule has 0 heterocycles. The molecular formula is C13H20N2O2. The molecule has 1 aromatic rings. The standard InChI is InChI=1S/C13H20N2O2/c1-9(2)6-7-15-12-8-10(13(16)17-3)4-5-11(12)14/h4-5,8-9,15H,6-7,14H2,1-3H3. The fourth-order valence-electron chi connectivity index (χ4n) is 1.45. The Labute approximate surface area is 102 Å². The third kappa shape index (κ3) is 3.98. The van der Waals surface area contributed by atoms with Crippen molar-refractivity contribution < 1.29 is 9.53 Å². The summed E-state index contributed by atoms with van der Waals surface area (Å²) < 4.78 is 4.67. The molecule has 0 atom stereocenters. The van der Waals surface area contributed by atoms with Crippen LogP contribution in [0.3, 0.4) is 0 Å². The van der Waals surface area contributed by atoms with Gasteiger partial charge in [0.05, 0.1) is 24.0 Å². The summed E-state index contributed by atoms with van der Waals surface area (Å²) in [5.41, 5.74) is 7.77. The van der Waals surface area contributed by atoms with Gasteiger partial charge in [0.1, 0.15) is 0 Å². The van der Waals surface area contributed by atoms with Crippen LogP contribution >= 0.6 is 0 Å². The second-order valence-electron chi connectivity index (χ2n) is 4.40. The van der Waals surface area contributed by atoms with Gasteiger partial charge < -0.3 is 15.8 Å². The van der Waals surface area contributed by atoms with Gasteiger partial charge in [-0.25, -0.2) is 4.79 Å². The second kappa shape index (κ2) is 6.13. The van der Waals surface area contributed by atoms with E-state index in [4.69, 9.17) is 5.73 Å². The molecule has 3 N–H and O–H groups in total. The summed E-state index contributed by atoms with van der Waals surface area (Å²) in [6.07, 6.45) is 1.06. The zero-order valence-corrected chi connectivity index (χ0v) is 10.6. The fourth-order valence-corrected chi connectivity index (χ4v) is 1.45. The molecule has 0 radical (unpaired) electrons. The molecule has 17 heavy (non-hydrogen) atoms. The zero-order valence-electron chi connectivity index (χ0n) is 10.6. The molecule has 0 aliphatic carbocycles. The Bertz CT molecular complexity index is 389. The number of nitrogen functional groups attached to an aromatic ring is 1. The maximum absolute atomic E-state index is 11.4. The molecule has 1 rings (SSSR count). The van der Waals surface area contributed by atoms with Crippen molar-refractivity contribution in [1.29, 1.82) is 0 Å². The van der Waals surface area contributed by atoms with Gasteiger partial charge in [0.15, 0.2) is 0 Å². The van der Waals surface area contributed by atoms with Crippen LogP contribution in [0.4, 0.5) is 11.4 Å². The first-order chi connectivity index (χ1) is 8.04. The summed E-state index contributed by atoms with van der Waals surface area (Å²) in [5.74, 6) is 0.282. The van der Waals surface area contributed by atoms with E-state index >= 15 is 0 Å². The maximum Gasteiger partial charge on any atom is 0.337 e. The first-order valence-corrected chi connectivity index (χ1v) is 5.76. The van der Waals surface area contributed by atoms with E-state index in [1.54, 1.807) is 18.2 Å². The lowest BCUT2D eigenvalue weighted by Crippen LogP contribution is -2.08. The summed E-state index contributed by atoms with van der Waals surface area (Å²) in [6.45, 7) is 5.16. The number of methoxy groups -OCH3 is 1. The lowest BCUT2D eigenvalue weighted by atomic mass is 10.1. The van der Waals surface area contributed by atoms with Gasteiger partial charge in [-0.3, -0.25) is 0 Å². The van der Waals surface area contributed by atoms with Crippen molar-refractivity contribution in [3.05, 3.63) is 23.8 Å². The molecule has 1 aromatic carbocycles. The van der Waals surface area contributed by atoms with Gasteiger partial charge >= 0.3 is 5.97 Å². The van der Waals surface area contributed by atoms with Gasteiger partial charge in [-0.15, -0.1) is 0 Å². The van der Waals surface area contributed by atoms with Crippen LogP contribution in [0.5, 0.6) is 0 Å². The van der Waals surface area contributed by atoms with E-state index < -0.39 is 0 Å². The maximum atomic E-state index is 11.4. The van der Waals surface area contributed by atoms with Gasteiger partial charge in [0, 0.05) is 6.54 Å². The Kier molecular flexibility index (Phi) is 4.82. The normalized spacial score (nSPS) is 10.4. The Hall–Kier alpha value is -1.71. The van der Waals surface area contributed by atoms with Gasteiger partial charge in [-0.2, -0.15) is 0 Å². The number of hydrogen-bond acceptors (Lipinski definition) is 4. The SMILES string of the molecule is COC(=O)c1ccc(N)c(NCCC(C)C)c1. The minimum atomic E-state index is -0.350. The van der Waals surface area contributed by atoms with Crippen LogP contribution in [0, 0.1) is 5.92 Å². The molecular weight excluding hydrogens is 216 g/mol. The number of anilines is 2. The van der Waals surface area contributed by atoms with Crippen molar-refractivity contribution in [2.75, 3.05) is 24.7 Å². The van der Waals surface area contributed by atoms with Gasteiger partial charge in [-0.1, -0.05) is 13.8 Å². The van der Waals surface area contributed by atoms with Crippen LogP contribution < -0.4 is 11.1 Å². The molecule has 0 amide bonds. The highest BCUT2D eigenvalue weighted by molar-refractivity contribution is 5.91. The van der Waals surface area contributed by atoms with Crippen molar-refractivity contribution in [2.45, 2.75) is 20.3 Å². The lowest BCUT2D eigenvalue weighted by molar-refractivity contribution is 0.0601. The Morgan fingerprint density at radius 2 is 2.18 bits per heavy atom. The van der Waals surface area contributed by atoms with Crippen molar-refractivity contribution in [1.82, 2.24) is 0 Å². The molecule has 94 valence electrons. The molecule has 4 nitrogen and oxygen atoms in total. The first kappa shape index (κ1) is 13.4. The molecule has 0 spiro atoms. The van der Waals surface area contributed by atoms with E-state index in [1.807, 2.05) is 0 Å². The van der Waals surface area contributed by atoms with Crippen LogP contribution in [0.2, 0.25) is 0 Å². The highest BCUT2D eigenvalue weighted by Crippen LogP contribution is 2.20. The molecule has 0 fully saturated rings. The van der Waals surface area contributed by atoms with E-state index in [0.717, 1.165) is 18.7 Å². The molecule has 0 saturated heterocycles. The quantitative estimate of drug-likeness (QED) is 0.609. The fraction of sp³-hybridized carbons (Fsp3) is 0.462. The third-order valence-electron chi connectivity index (χ3n) is 2.51. The number of ether oxygens (including phenoxy) is 1.